The van der Waals surface area contributed by atoms with Crippen molar-refractivity contribution in [1.29, 1.82) is 5.26 Å². The van der Waals surface area contributed by atoms with Crippen molar-refractivity contribution in [1.82, 2.24) is 10.2 Å². The SMILES string of the molecule is CCOc1cc([C@H]2C(C#N)=C(N)Oc3n[nH]c(C)c32)ccc1OCc1cccc(Cl)c1. The third-order valence-electron chi connectivity index (χ3n) is 5.01. The van der Waals surface area contributed by atoms with Crippen LogP contribution >= 0.6 is 11.6 Å². The van der Waals surface area contributed by atoms with Gasteiger partial charge in [-0.2, -0.15) is 5.26 Å². The number of allylic oxidation sites excluding steroid dienone is 1. The lowest BCUT2D eigenvalue weighted by atomic mass is 9.84. The number of aromatic amines is 1. The maximum atomic E-state index is 9.74. The molecule has 0 unspecified atom stereocenters. The number of hydrogen-bond acceptors (Lipinski definition) is 6. The van der Waals surface area contributed by atoms with Gasteiger partial charge < -0.3 is 19.9 Å². The summed E-state index contributed by atoms with van der Waals surface area (Å²) in [5.41, 5.74) is 9.69. The van der Waals surface area contributed by atoms with Crippen molar-refractivity contribution in [3.05, 3.63) is 81.3 Å². The molecule has 0 fully saturated rings. The summed E-state index contributed by atoms with van der Waals surface area (Å²) in [5.74, 6) is 1.17. The molecule has 0 saturated carbocycles. The smallest absolute Gasteiger partial charge is 0.244 e. The summed E-state index contributed by atoms with van der Waals surface area (Å²) in [6.45, 7) is 4.59. The van der Waals surface area contributed by atoms with Crippen LogP contribution in [0.2, 0.25) is 5.02 Å². The van der Waals surface area contributed by atoms with E-state index in [0.29, 0.717) is 41.2 Å². The molecule has 0 bridgehead atoms. The number of nitrogens with one attached hydrogen (secondary N) is 1. The Morgan fingerprint density at radius 1 is 1.23 bits per heavy atom. The van der Waals surface area contributed by atoms with Crippen molar-refractivity contribution in [2.24, 2.45) is 5.73 Å². The summed E-state index contributed by atoms with van der Waals surface area (Å²) < 4.78 is 17.4. The largest absolute Gasteiger partial charge is 0.490 e. The molecule has 7 nitrogen and oxygen atoms in total. The van der Waals surface area contributed by atoms with Crippen molar-refractivity contribution in [2.45, 2.75) is 26.4 Å². The highest BCUT2D eigenvalue weighted by atomic mass is 35.5. The van der Waals surface area contributed by atoms with Gasteiger partial charge >= 0.3 is 0 Å². The Labute approximate surface area is 185 Å². The molecule has 2 aromatic carbocycles. The number of nitrogens with zero attached hydrogens (tertiary/aromatic N) is 2. The van der Waals surface area contributed by atoms with Crippen LogP contribution in [0.1, 0.15) is 35.2 Å². The molecule has 31 heavy (non-hydrogen) atoms. The van der Waals surface area contributed by atoms with Crippen LogP contribution in [0, 0.1) is 18.3 Å². The van der Waals surface area contributed by atoms with E-state index in [4.69, 9.17) is 31.5 Å². The molecule has 1 aliphatic heterocycles. The Hall–Kier alpha value is -3.63. The van der Waals surface area contributed by atoms with Gasteiger partial charge in [-0.15, -0.1) is 5.10 Å². The lowest BCUT2D eigenvalue weighted by Crippen LogP contribution is -2.21. The Morgan fingerprint density at radius 3 is 2.81 bits per heavy atom. The maximum absolute atomic E-state index is 9.74. The monoisotopic (exact) mass is 436 g/mol. The zero-order valence-corrected chi connectivity index (χ0v) is 17.9. The molecule has 0 aliphatic carbocycles. The molecule has 2 heterocycles. The quantitative estimate of drug-likeness (QED) is 0.586. The highest BCUT2D eigenvalue weighted by Crippen LogP contribution is 2.44. The molecule has 1 atom stereocenters. The van der Waals surface area contributed by atoms with Gasteiger partial charge in [0.15, 0.2) is 11.5 Å². The summed E-state index contributed by atoms with van der Waals surface area (Å²) in [4.78, 5) is 0. The second-order valence-electron chi connectivity index (χ2n) is 7.05. The van der Waals surface area contributed by atoms with Crippen molar-refractivity contribution in [3.8, 4) is 23.4 Å². The fourth-order valence-corrected chi connectivity index (χ4v) is 3.82. The lowest BCUT2D eigenvalue weighted by molar-refractivity contribution is 0.269. The molecular formula is C23H21ClN4O3. The highest BCUT2D eigenvalue weighted by molar-refractivity contribution is 6.30. The molecule has 3 aromatic rings. The molecule has 1 aliphatic rings. The minimum atomic E-state index is -0.423. The standard InChI is InChI=1S/C23H21ClN4O3/c1-3-29-19-10-15(7-8-18(19)30-12-14-5-4-6-16(24)9-14)21-17(11-25)22(26)31-23-20(21)13(2)27-28-23/h4-10,21H,3,12,26H2,1-2H3,(H,27,28)/t21-/m0/s1. The number of H-pyrrole nitrogens is 1. The molecular weight excluding hydrogens is 416 g/mol. The summed E-state index contributed by atoms with van der Waals surface area (Å²) in [6.07, 6.45) is 0. The number of rotatable bonds is 6. The zero-order valence-electron chi connectivity index (χ0n) is 17.1. The number of benzene rings is 2. The van der Waals surface area contributed by atoms with Crippen molar-refractivity contribution >= 4 is 11.6 Å². The molecule has 0 radical (unpaired) electrons. The number of aromatic nitrogens is 2. The van der Waals surface area contributed by atoms with E-state index in [1.54, 1.807) is 0 Å². The van der Waals surface area contributed by atoms with Gasteiger partial charge in [-0.1, -0.05) is 29.8 Å². The van der Waals surface area contributed by atoms with Gasteiger partial charge in [0.1, 0.15) is 18.2 Å². The molecule has 1 aromatic heterocycles. The topological polar surface area (TPSA) is 106 Å². The van der Waals surface area contributed by atoms with Gasteiger partial charge in [-0.3, -0.25) is 5.10 Å². The van der Waals surface area contributed by atoms with Gasteiger partial charge in [-0.25, -0.2) is 0 Å². The normalized spacial score (nSPS) is 15.1. The summed E-state index contributed by atoms with van der Waals surface area (Å²) in [7, 11) is 0. The van der Waals surface area contributed by atoms with E-state index in [-0.39, 0.29) is 5.88 Å². The summed E-state index contributed by atoms with van der Waals surface area (Å²) in [5, 5.41) is 17.5. The van der Waals surface area contributed by atoms with Gasteiger partial charge in [0.25, 0.3) is 0 Å². The summed E-state index contributed by atoms with van der Waals surface area (Å²) in [6, 6.07) is 15.3. The van der Waals surface area contributed by atoms with Crippen LogP contribution in [-0.2, 0) is 6.61 Å². The van der Waals surface area contributed by atoms with E-state index in [1.165, 1.54) is 0 Å². The van der Waals surface area contributed by atoms with Gasteiger partial charge in [-0.05, 0) is 49.2 Å². The summed E-state index contributed by atoms with van der Waals surface area (Å²) >= 11 is 6.06. The number of nitriles is 1. The van der Waals surface area contributed by atoms with E-state index < -0.39 is 5.92 Å². The molecule has 0 amide bonds. The van der Waals surface area contributed by atoms with Gasteiger partial charge in [0, 0.05) is 16.3 Å². The van der Waals surface area contributed by atoms with Crippen LogP contribution in [0.15, 0.2) is 53.9 Å². The Kier molecular flexibility index (Phi) is 5.74. The Morgan fingerprint density at radius 2 is 2.06 bits per heavy atom. The number of aryl methyl sites for hydroxylation is 1. The van der Waals surface area contributed by atoms with Gasteiger partial charge in [0.05, 0.1) is 12.5 Å². The first-order valence-electron chi connectivity index (χ1n) is 9.78. The average Bonchev–Trinajstić information content (AvgIpc) is 3.12. The fourth-order valence-electron chi connectivity index (χ4n) is 3.61. The number of hydrogen-bond donors (Lipinski definition) is 2. The second-order valence-corrected chi connectivity index (χ2v) is 7.49. The van der Waals surface area contributed by atoms with Crippen LogP contribution < -0.4 is 19.9 Å². The van der Waals surface area contributed by atoms with Crippen LogP contribution in [0.4, 0.5) is 0 Å². The molecule has 0 spiro atoms. The van der Waals surface area contributed by atoms with E-state index in [0.717, 1.165) is 22.4 Å². The van der Waals surface area contributed by atoms with Gasteiger partial charge in [0.2, 0.25) is 11.8 Å². The third-order valence-corrected chi connectivity index (χ3v) is 5.25. The fraction of sp³-hybridized carbons (Fsp3) is 0.217. The molecule has 8 heteroatoms. The van der Waals surface area contributed by atoms with Crippen LogP contribution in [-0.4, -0.2) is 16.8 Å². The van der Waals surface area contributed by atoms with Crippen LogP contribution in [0.25, 0.3) is 0 Å². The van der Waals surface area contributed by atoms with Crippen LogP contribution in [0.5, 0.6) is 17.4 Å². The molecule has 3 N–H and O–H groups in total. The predicted molar refractivity (Wildman–Crippen MR) is 116 cm³/mol. The molecule has 0 saturated heterocycles. The van der Waals surface area contributed by atoms with Crippen molar-refractivity contribution in [3.63, 3.8) is 0 Å². The average molecular weight is 437 g/mol. The first-order valence-corrected chi connectivity index (χ1v) is 10.2. The third kappa shape index (κ3) is 4.03. The zero-order chi connectivity index (χ0) is 22.0. The molecule has 4 rings (SSSR count). The molecule has 158 valence electrons. The van der Waals surface area contributed by atoms with E-state index in [9.17, 15) is 5.26 Å². The number of ether oxygens (including phenoxy) is 3. The van der Waals surface area contributed by atoms with Crippen LogP contribution in [0.3, 0.4) is 0 Å². The maximum Gasteiger partial charge on any atom is 0.244 e. The lowest BCUT2D eigenvalue weighted by Gasteiger charge is -2.24. The minimum Gasteiger partial charge on any atom is -0.490 e. The van der Waals surface area contributed by atoms with E-state index in [2.05, 4.69) is 16.3 Å². The predicted octanol–water partition coefficient (Wildman–Crippen LogP) is 4.57. The Balaban J connectivity index is 1.70. The number of nitrogens with two attached hydrogens (primary N) is 1. The number of fused-ring (bicyclic) bond motifs is 1. The van der Waals surface area contributed by atoms with Crippen molar-refractivity contribution in [2.75, 3.05) is 6.61 Å². The minimum absolute atomic E-state index is 0.0470. The Bertz CT molecular complexity index is 1200. The van der Waals surface area contributed by atoms with Crippen molar-refractivity contribution < 1.29 is 14.2 Å². The first-order chi connectivity index (χ1) is 15.0. The first kappa shape index (κ1) is 20.6. The number of halogens is 1. The van der Waals surface area contributed by atoms with E-state index >= 15 is 0 Å². The highest BCUT2D eigenvalue weighted by Gasteiger charge is 2.34. The second kappa shape index (κ2) is 8.62. The van der Waals surface area contributed by atoms with E-state index in [1.807, 2.05) is 56.3 Å².